The predicted molar refractivity (Wildman–Crippen MR) is 82.3 cm³/mol. The smallest absolute Gasteiger partial charge is 0.252 e. The van der Waals surface area contributed by atoms with Crippen LogP contribution < -0.4 is 5.32 Å². The van der Waals surface area contributed by atoms with Gasteiger partial charge in [0.25, 0.3) is 5.91 Å². The summed E-state index contributed by atoms with van der Waals surface area (Å²) in [6, 6.07) is 12.5. The average molecular weight is 305 g/mol. The van der Waals surface area contributed by atoms with Gasteiger partial charge < -0.3 is 10.4 Å². The molecule has 1 atom stereocenters. The van der Waals surface area contributed by atoms with Gasteiger partial charge in [0.05, 0.1) is 12.1 Å². The fraction of sp³-hybridized carbons (Fsp3) is 0.250. The SMILES string of the molecule is Cc1cc(C(=O)NC(C)(CO)c2ccccc2)cc(Cl)n1. The number of nitrogens with one attached hydrogen (secondary N) is 1. The maximum absolute atomic E-state index is 12.4. The first kappa shape index (κ1) is 15.5. The van der Waals surface area contributed by atoms with E-state index in [0.29, 0.717) is 11.3 Å². The van der Waals surface area contributed by atoms with Gasteiger partial charge in [-0.3, -0.25) is 4.79 Å². The van der Waals surface area contributed by atoms with E-state index in [4.69, 9.17) is 11.6 Å². The van der Waals surface area contributed by atoms with Gasteiger partial charge in [-0.2, -0.15) is 0 Å². The van der Waals surface area contributed by atoms with Gasteiger partial charge in [0.15, 0.2) is 0 Å². The van der Waals surface area contributed by atoms with E-state index in [1.165, 1.54) is 6.07 Å². The summed E-state index contributed by atoms with van der Waals surface area (Å²) in [7, 11) is 0. The number of hydrogen-bond acceptors (Lipinski definition) is 3. The van der Waals surface area contributed by atoms with Crippen molar-refractivity contribution in [2.45, 2.75) is 19.4 Å². The van der Waals surface area contributed by atoms with Crippen LogP contribution >= 0.6 is 11.6 Å². The second kappa shape index (κ2) is 6.24. The number of rotatable bonds is 4. The van der Waals surface area contributed by atoms with Crippen molar-refractivity contribution in [2.24, 2.45) is 0 Å². The Morgan fingerprint density at radius 2 is 2.00 bits per heavy atom. The molecule has 0 spiro atoms. The molecule has 1 aromatic heterocycles. The standard InChI is InChI=1S/C16H17ClN2O2/c1-11-8-12(9-14(17)18-11)15(21)19-16(2,10-20)13-6-4-3-5-7-13/h3-9,20H,10H2,1-2H3,(H,19,21). The fourth-order valence-corrected chi connectivity index (χ4v) is 2.34. The summed E-state index contributed by atoms with van der Waals surface area (Å²) in [4.78, 5) is 16.4. The van der Waals surface area contributed by atoms with E-state index < -0.39 is 5.54 Å². The summed E-state index contributed by atoms with van der Waals surface area (Å²) in [6.45, 7) is 3.33. The highest BCUT2D eigenvalue weighted by molar-refractivity contribution is 6.29. The number of carbonyl (C=O) groups excluding carboxylic acids is 1. The molecule has 0 aliphatic carbocycles. The fourth-order valence-electron chi connectivity index (χ4n) is 2.09. The maximum Gasteiger partial charge on any atom is 0.252 e. The van der Waals surface area contributed by atoms with Crippen molar-refractivity contribution < 1.29 is 9.90 Å². The zero-order valence-corrected chi connectivity index (χ0v) is 12.7. The molecule has 0 radical (unpaired) electrons. The van der Waals surface area contributed by atoms with E-state index in [1.807, 2.05) is 30.3 Å². The van der Waals surface area contributed by atoms with Crippen molar-refractivity contribution in [3.05, 3.63) is 64.4 Å². The lowest BCUT2D eigenvalue weighted by molar-refractivity contribution is 0.0849. The molecule has 0 aliphatic heterocycles. The molecule has 2 N–H and O–H groups in total. The number of aryl methyl sites for hydroxylation is 1. The number of aromatic nitrogens is 1. The average Bonchev–Trinajstić information content (AvgIpc) is 2.47. The zero-order valence-electron chi connectivity index (χ0n) is 11.9. The number of hydrogen-bond donors (Lipinski definition) is 2. The number of benzene rings is 1. The monoisotopic (exact) mass is 304 g/mol. The van der Waals surface area contributed by atoms with Crippen LogP contribution in [0, 0.1) is 6.92 Å². The molecular formula is C16H17ClN2O2. The molecule has 0 aliphatic rings. The van der Waals surface area contributed by atoms with Crippen molar-refractivity contribution in [3.63, 3.8) is 0 Å². The van der Waals surface area contributed by atoms with Gasteiger partial charge in [-0.05, 0) is 31.5 Å². The summed E-state index contributed by atoms with van der Waals surface area (Å²) in [6.07, 6.45) is 0. The predicted octanol–water partition coefficient (Wildman–Crippen LogP) is 2.68. The molecule has 0 bridgehead atoms. The number of aliphatic hydroxyl groups excluding tert-OH is 1. The molecule has 1 aromatic carbocycles. The number of nitrogens with zero attached hydrogens (tertiary/aromatic N) is 1. The third-order valence-corrected chi connectivity index (χ3v) is 3.49. The van der Waals surface area contributed by atoms with Crippen LogP contribution in [0.3, 0.4) is 0 Å². The largest absolute Gasteiger partial charge is 0.394 e. The van der Waals surface area contributed by atoms with E-state index in [9.17, 15) is 9.90 Å². The van der Waals surface area contributed by atoms with Crippen LogP contribution in [0.15, 0.2) is 42.5 Å². The van der Waals surface area contributed by atoms with Crippen LogP contribution in [0.5, 0.6) is 0 Å². The Morgan fingerprint density at radius 3 is 2.57 bits per heavy atom. The molecular weight excluding hydrogens is 288 g/mol. The maximum atomic E-state index is 12.4. The summed E-state index contributed by atoms with van der Waals surface area (Å²) in [5, 5.41) is 12.8. The van der Waals surface area contributed by atoms with E-state index in [1.54, 1.807) is 19.9 Å². The van der Waals surface area contributed by atoms with Gasteiger partial charge in [0.2, 0.25) is 0 Å². The summed E-state index contributed by atoms with van der Waals surface area (Å²) in [5.41, 5.74) is 1.06. The highest BCUT2D eigenvalue weighted by Crippen LogP contribution is 2.21. The van der Waals surface area contributed by atoms with Crippen LogP contribution in [0.1, 0.15) is 28.5 Å². The van der Waals surface area contributed by atoms with Gasteiger partial charge >= 0.3 is 0 Å². The number of aliphatic hydroxyl groups is 1. The Kier molecular flexibility index (Phi) is 4.60. The van der Waals surface area contributed by atoms with Gasteiger partial charge in [0, 0.05) is 11.3 Å². The van der Waals surface area contributed by atoms with Crippen molar-refractivity contribution in [1.82, 2.24) is 10.3 Å². The molecule has 1 unspecified atom stereocenters. The number of halogens is 1. The van der Waals surface area contributed by atoms with E-state index in [-0.39, 0.29) is 17.7 Å². The highest BCUT2D eigenvalue weighted by Gasteiger charge is 2.28. The first-order chi connectivity index (χ1) is 9.94. The summed E-state index contributed by atoms with van der Waals surface area (Å²) in [5.74, 6) is -0.303. The minimum absolute atomic E-state index is 0.208. The number of carbonyl (C=O) groups is 1. The molecule has 1 heterocycles. The Hall–Kier alpha value is -1.91. The van der Waals surface area contributed by atoms with Crippen LogP contribution in [-0.4, -0.2) is 22.6 Å². The van der Waals surface area contributed by atoms with E-state index >= 15 is 0 Å². The third kappa shape index (κ3) is 3.60. The molecule has 5 heteroatoms. The molecule has 0 fully saturated rings. The Labute approximate surface area is 128 Å². The molecule has 0 saturated heterocycles. The van der Waals surface area contributed by atoms with Crippen LogP contribution in [0.4, 0.5) is 0 Å². The molecule has 2 aromatic rings. The lowest BCUT2D eigenvalue weighted by Crippen LogP contribution is -2.46. The second-order valence-corrected chi connectivity index (χ2v) is 5.52. The van der Waals surface area contributed by atoms with Crippen molar-refractivity contribution >= 4 is 17.5 Å². The number of amides is 1. The zero-order chi connectivity index (χ0) is 15.5. The topological polar surface area (TPSA) is 62.2 Å². The highest BCUT2D eigenvalue weighted by atomic mass is 35.5. The Morgan fingerprint density at radius 1 is 1.33 bits per heavy atom. The Balaban J connectivity index is 2.28. The van der Waals surface area contributed by atoms with Crippen LogP contribution in [-0.2, 0) is 5.54 Å². The molecule has 21 heavy (non-hydrogen) atoms. The van der Waals surface area contributed by atoms with Gasteiger partial charge in [-0.1, -0.05) is 41.9 Å². The third-order valence-electron chi connectivity index (χ3n) is 3.30. The summed E-state index contributed by atoms with van der Waals surface area (Å²) < 4.78 is 0. The minimum Gasteiger partial charge on any atom is -0.394 e. The molecule has 4 nitrogen and oxygen atoms in total. The van der Waals surface area contributed by atoms with Crippen molar-refractivity contribution in [2.75, 3.05) is 6.61 Å². The lowest BCUT2D eigenvalue weighted by Gasteiger charge is -2.29. The minimum atomic E-state index is -0.859. The van der Waals surface area contributed by atoms with Crippen LogP contribution in [0.2, 0.25) is 5.15 Å². The first-order valence-electron chi connectivity index (χ1n) is 6.58. The Bertz CT molecular complexity index is 626. The van der Waals surface area contributed by atoms with Gasteiger partial charge in [0.1, 0.15) is 5.15 Å². The molecule has 2 rings (SSSR count). The summed E-state index contributed by atoms with van der Waals surface area (Å²) >= 11 is 5.88. The number of pyridine rings is 1. The van der Waals surface area contributed by atoms with E-state index in [2.05, 4.69) is 10.3 Å². The van der Waals surface area contributed by atoms with Crippen LogP contribution in [0.25, 0.3) is 0 Å². The second-order valence-electron chi connectivity index (χ2n) is 5.13. The quantitative estimate of drug-likeness (QED) is 0.854. The van der Waals surface area contributed by atoms with Gasteiger partial charge in [-0.15, -0.1) is 0 Å². The molecule has 1 amide bonds. The van der Waals surface area contributed by atoms with Crippen molar-refractivity contribution in [3.8, 4) is 0 Å². The normalized spacial score (nSPS) is 13.5. The first-order valence-corrected chi connectivity index (χ1v) is 6.95. The molecule has 110 valence electrons. The van der Waals surface area contributed by atoms with Crippen molar-refractivity contribution in [1.29, 1.82) is 0 Å². The van der Waals surface area contributed by atoms with Gasteiger partial charge in [-0.25, -0.2) is 4.98 Å². The van der Waals surface area contributed by atoms with E-state index in [0.717, 1.165) is 5.56 Å². The molecule has 0 saturated carbocycles. The lowest BCUT2D eigenvalue weighted by atomic mass is 9.92.